The summed E-state index contributed by atoms with van der Waals surface area (Å²) in [4.78, 5) is 0. The summed E-state index contributed by atoms with van der Waals surface area (Å²) in [7, 11) is 0. The number of rotatable bonds is 22. The molecule has 3 fully saturated rings. The van der Waals surface area contributed by atoms with Crippen molar-refractivity contribution in [3.63, 3.8) is 0 Å². The zero-order valence-corrected chi connectivity index (χ0v) is 35.2. The van der Waals surface area contributed by atoms with Crippen molar-refractivity contribution in [3.05, 3.63) is 191 Å². The molecular weight excluding hydrogens is 859 g/mol. The van der Waals surface area contributed by atoms with Crippen molar-refractivity contribution in [1.29, 1.82) is 0 Å². The van der Waals surface area contributed by atoms with E-state index in [2.05, 4.69) is 24.3 Å². The van der Waals surface area contributed by atoms with Crippen LogP contribution in [0.25, 0.3) is 0 Å². The average molecular weight is 912 g/mol. The Labute approximate surface area is 357 Å². The van der Waals surface area contributed by atoms with E-state index in [1.165, 1.54) is 0 Å². The van der Waals surface area contributed by atoms with Crippen molar-refractivity contribution in [2.24, 2.45) is 5.92 Å². The van der Waals surface area contributed by atoms with Crippen LogP contribution in [0.2, 0.25) is 0 Å². The van der Waals surface area contributed by atoms with Gasteiger partial charge in [0.05, 0.1) is 0 Å². The molecule has 7 atom stereocenters. The summed E-state index contributed by atoms with van der Waals surface area (Å²) in [5, 5.41) is 22.6. The second-order valence-electron chi connectivity index (χ2n) is 15.3. The Kier molecular flexibility index (Phi) is 14.2. The Hall–Kier alpha value is -3.95. The van der Waals surface area contributed by atoms with Crippen LogP contribution in [0.15, 0.2) is 163 Å². The van der Waals surface area contributed by atoms with Gasteiger partial charge in [0.2, 0.25) is 0 Å². The number of hydrogen-bond acceptors (Lipinski definition) is 9. The van der Waals surface area contributed by atoms with E-state index in [1.807, 2.05) is 127 Å². The van der Waals surface area contributed by atoms with Gasteiger partial charge in [-0.25, -0.2) is 0 Å². The van der Waals surface area contributed by atoms with Crippen LogP contribution in [-0.2, 0) is 64.5 Å². The summed E-state index contributed by atoms with van der Waals surface area (Å²) in [6, 6.07) is 50.1. The molecule has 10 heteroatoms. The number of fused-ring (bicyclic) bond motifs is 1. The molecule has 3 aliphatic rings. The van der Waals surface area contributed by atoms with Crippen molar-refractivity contribution >= 4 is 0 Å². The van der Waals surface area contributed by atoms with Crippen molar-refractivity contribution in [1.82, 2.24) is 0 Å². The standard InChI is InChI=1S/C49H52IO9/c51-27-26-48(50-59-33-40-24-14-5-15-25-40)44(46(48)56-31-38-20-10-3-11-21-38)45(55-30-37-18-8-2-9-19-37)47(52)57-35-43-49(58-32-39-22-12-4-13-23-39)28-41(49)42(34-54-43)53-29-36-16-6-1-7-17-36/h1-25,41-43,46-47,51-52H,26-35H2/q-1/b45-44+/t41?,42?,43?,46?,47-,48?,49?/m1/s1. The van der Waals surface area contributed by atoms with E-state index >= 15 is 0 Å². The third-order valence-corrected chi connectivity index (χ3v) is 14.4. The summed E-state index contributed by atoms with van der Waals surface area (Å²) in [5.74, 6) is 0.388. The Bertz CT molecular complexity index is 2060. The van der Waals surface area contributed by atoms with Crippen molar-refractivity contribution < 1.29 is 63.3 Å². The van der Waals surface area contributed by atoms with Gasteiger partial charge in [0.15, 0.2) is 0 Å². The molecule has 2 saturated carbocycles. The fourth-order valence-electron chi connectivity index (χ4n) is 7.96. The fraction of sp³-hybridized carbons (Fsp3) is 0.347. The molecule has 9 nitrogen and oxygen atoms in total. The molecule has 310 valence electrons. The molecule has 1 saturated heterocycles. The molecule has 2 N–H and O–H groups in total. The first-order valence-corrected chi connectivity index (χ1v) is 22.3. The zero-order valence-electron chi connectivity index (χ0n) is 33.0. The fourth-order valence-corrected chi connectivity index (χ4v) is 10.8. The quantitative estimate of drug-likeness (QED) is 0.0444. The van der Waals surface area contributed by atoms with Crippen molar-refractivity contribution in [2.75, 3.05) is 19.8 Å². The number of halogens is 1. The molecule has 0 bridgehead atoms. The van der Waals surface area contributed by atoms with Gasteiger partial charge in [-0.1, -0.05) is 48.5 Å². The van der Waals surface area contributed by atoms with Gasteiger partial charge in [0.25, 0.3) is 0 Å². The number of aliphatic hydroxyl groups is 2. The normalized spacial score (nSPS) is 25.9. The van der Waals surface area contributed by atoms with E-state index in [0.29, 0.717) is 39.5 Å². The van der Waals surface area contributed by atoms with Gasteiger partial charge < -0.3 is 0 Å². The van der Waals surface area contributed by atoms with Crippen LogP contribution in [-0.4, -0.2) is 63.7 Å². The number of aliphatic hydroxyl groups excluding tert-OH is 2. The number of benzene rings is 5. The molecular formula is C49H52IO9-. The van der Waals surface area contributed by atoms with E-state index < -0.39 is 49.1 Å². The summed E-state index contributed by atoms with van der Waals surface area (Å²) >= 11 is -1.07. The van der Waals surface area contributed by atoms with Crippen molar-refractivity contribution in [3.8, 4) is 0 Å². The molecule has 0 radical (unpaired) electrons. The first-order valence-electron chi connectivity index (χ1n) is 20.3. The van der Waals surface area contributed by atoms with Crippen LogP contribution in [0.1, 0.15) is 40.7 Å². The predicted molar refractivity (Wildman–Crippen MR) is 218 cm³/mol. The molecule has 1 aliphatic heterocycles. The number of ether oxygens (including phenoxy) is 6. The summed E-state index contributed by atoms with van der Waals surface area (Å²) in [6.07, 6.45) is -1.37. The van der Waals surface area contributed by atoms with Crippen LogP contribution in [0.4, 0.5) is 0 Å². The Morgan fingerprint density at radius 3 is 1.73 bits per heavy atom. The van der Waals surface area contributed by atoms with Gasteiger partial charge >= 0.3 is 305 Å². The van der Waals surface area contributed by atoms with Gasteiger partial charge in [-0.2, -0.15) is 0 Å². The third-order valence-electron chi connectivity index (χ3n) is 11.3. The summed E-state index contributed by atoms with van der Waals surface area (Å²) < 4.78 is 45.2. The Balaban J connectivity index is 1.04. The van der Waals surface area contributed by atoms with Gasteiger partial charge in [-0.3, -0.25) is 0 Å². The molecule has 6 unspecified atom stereocenters. The van der Waals surface area contributed by atoms with E-state index in [0.717, 1.165) is 39.8 Å². The van der Waals surface area contributed by atoms with Gasteiger partial charge in [-0.15, -0.1) is 0 Å². The van der Waals surface area contributed by atoms with Crippen LogP contribution >= 0.6 is 0 Å². The van der Waals surface area contributed by atoms with Gasteiger partial charge in [-0.05, 0) is 5.56 Å². The Morgan fingerprint density at radius 2 is 1.17 bits per heavy atom. The zero-order chi connectivity index (χ0) is 40.3. The SMILES string of the molecule is OCCC1([I-]OCc2ccccc2)/C(=C(/OCc2ccccc2)[C@H](O)OCC2OCC(OCc3ccccc3)C3CC23OCc2ccccc2)C1OCc1ccccc1. The molecule has 0 spiro atoms. The van der Waals surface area contributed by atoms with Gasteiger partial charge in [0, 0.05) is 0 Å². The molecule has 5 aromatic rings. The molecule has 2 aliphatic carbocycles. The van der Waals surface area contributed by atoms with E-state index in [4.69, 9.17) is 31.5 Å². The predicted octanol–water partition coefficient (Wildman–Crippen LogP) is 4.69. The van der Waals surface area contributed by atoms with Gasteiger partial charge in [0.1, 0.15) is 0 Å². The Morgan fingerprint density at radius 1 is 0.661 bits per heavy atom. The molecule has 0 amide bonds. The van der Waals surface area contributed by atoms with Crippen LogP contribution in [0.3, 0.4) is 0 Å². The average Bonchev–Trinajstić information content (AvgIpc) is 4.19. The summed E-state index contributed by atoms with van der Waals surface area (Å²) in [6.45, 7) is 2.24. The number of hydrogen-bond donors (Lipinski definition) is 2. The van der Waals surface area contributed by atoms with E-state index in [9.17, 15) is 10.2 Å². The molecule has 59 heavy (non-hydrogen) atoms. The number of alkyl halides is 1. The van der Waals surface area contributed by atoms with E-state index in [-0.39, 0.29) is 37.6 Å². The van der Waals surface area contributed by atoms with Crippen LogP contribution in [0, 0.1) is 5.92 Å². The maximum absolute atomic E-state index is 12.1. The minimum absolute atomic E-state index is 0.0609. The second-order valence-corrected chi connectivity index (χ2v) is 18.3. The molecule has 8 rings (SSSR count). The minimum atomic E-state index is -1.45. The van der Waals surface area contributed by atoms with Crippen molar-refractivity contribution in [2.45, 2.75) is 79.5 Å². The molecule has 1 heterocycles. The third kappa shape index (κ3) is 10.3. The maximum atomic E-state index is 12.1. The molecule has 5 aromatic carbocycles. The van der Waals surface area contributed by atoms with Crippen LogP contribution in [0.5, 0.6) is 0 Å². The first-order chi connectivity index (χ1) is 29.1. The molecule has 0 aromatic heterocycles. The summed E-state index contributed by atoms with van der Waals surface area (Å²) in [5.41, 5.74) is 5.30. The van der Waals surface area contributed by atoms with Crippen LogP contribution < -0.4 is 21.6 Å². The van der Waals surface area contributed by atoms with E-state index in [1.54, 1.807) is 0 Å². The topological polar surface area (TPSA) is 105 Å². The second kappa shape index (κ2) is 20.1. The monoisotopic (exact) mass is 911 g/mol. The first kappa shape index (κ1) is 41.8.